The van der Waals surface area contributed by atoms with Gasteiger partial charge in [-0.25, -0.2) is 9.97 Å². The largest absolute Gasteiger partial charge is 0.505 e. The summed E-state index contributed by atoms with van der Waals surface area (Å²) in [7, 11) is 1.52. The third kappa shape index (κ3) is 4.42. The van der Waals surface area contributed by atoms with Gasteiger partial charge in [-0.1, -0.05) is 23.5 Å². The van der Waals surface area contributed by atoms with Gasteiger partial charge in [-0.2, -0.15) is 0 Å². The smallest absolute Gasteiger partial charge is 0.301 e. The van der Waals surface area contributed by atoms with Crippen LogP contribution >= 0.6 is 11.3 Å². The Morgan fingerprint density at radius 2 is 1.81 bits per heavy atom. The molecule has 214 valence electrons. The number of carbonyl (C=O) groups is 2. The molecule has 0 aliphatic carbocycles. The number of amides is 1. The Bertz CT molecular complexity index is 1890. The highest BCUT2D eigenvalue weighted by molar-refractivity contribution is 7.22. The first kappa shape index (κ1) is 27.3. The van der Waals surface area contributed by atoms with Gasteiger partial charge < -0.3 is 19.3 Å². The fourth-order valence-electron chi connectivity index (χ4n) is 5.25. The topological polar surface area (TPSA) is 115 Å². The van der Waals surface area contributed by atoms with Crippen LogP contribution in [0.2, 0.25) is 0 Å². The zero-order chi connectivity index (χ0) is 29.5. The van der Waals surface area contributed by atoms with Gasteiger partial charge in [-0.3, -0.25) is 18.9 Å². The summed E-state index contributed by atoms with van der Waals surface area (Å²) in [6.07, 6.45) is 1.75. The van der Waals surface area contributed by atoms with E-state index in [4.69, 9.17) is 19.2 Å². The highest BCUT2D eigenvalue weighted by Crippen LogP contribution is 2.46. The lowest BCUT2D eigenvalue weighted by atomic mass is 9.96. The van der Waals surface area contributed by atoms with E-state index in [1.807, 2.05) is 38.1 Å². The zero-order valence-corrected chi connectivity index (χ0v) is 24.3. The van der Waals surface area contributed by atoms with Crippen molar-refractivity contribution in [2.75, 3.05) is 25.2 Å². The normalized spacial score (nSPS) is 16.5. The van der Waals surface area contributed by atoms with Crippen molar-refractivity contribution >= 4 is 49.8 Å². The molecule has 4 heterocycles. The van der Waals surface area contributed by atoms with Gasteiger partial charge in [0.25, 0.3) is 5.78 Å². The molecular formula is C31H28N4O6S. The van der Waals surface area contributed by atoms with Gasteiger partial charge in [-0.15, -0.1) is 0 Å². The van der Waals surface area contributed by atoms with Gasteiger partial charge in [0.15, 0.2) is 22.4 Å². The minimum absolute atomic E-state index is 0.0748. The van der Waals surface area contributed by atoms with Crippen LogP contribution in [0.4, 0.5) is 5.13 Å². The number of carbonyl (C=O) groups excluding carboxylic acids is 2. The van der Waals surface area contributed by atoms with Crippen LogP contribution in [-0.2, 0) is 9.59 Å². The highest BCUT2D eigenvalue weighted by Gasteiger charge is 2.49. The molecule has 0 radical (unpaired) electrons. The fourth-order valence-corrected chi connectivity index (χ4v) is 6.27. The lowest BCUT2D eigenvalue weighted by molar-refractivity contribution is -0.132. The van der Waals surface area contributed by atoms with Crippen LogP contribution in [0.5, 0.6) is 17.2 Å². The molecule has 1 N–H and O–H groups in total. The van der Waals surface area contributed by atoms with E-state index in [-0.39, 0.29) is 11.3 Å². The van der Waals surface area contributed by atoms with Gasteiger partial charge >= 0.3 is 5.91 Å². The number of anilines is 1. The molecule has 1 unspecified atom stereocenters. The quantitative estimate of drug-likeness (QED) is 0.141. The van der Waals surface area contributed by atoms with Gasteiger partial charge in [0.2, 0.25) is 0 Å². The molecule has 11 heteroatoms. The lowest BCUT2D eigenvalue weighted by Gasteiger charge is -2.24. The summed E-state index contributed by atoms with van der Waals surface area (Å²) in [6.45, 7) is 6.45. The summed E-state index contributed by atoms with van der Waals surface area (Å²) in [4.78, 5) is 38.2. The summed E-state index contributed by atoms with van der Waals surface area (Å²) < 4.78 is 19.4. The predicted octanol–water partition coefficient (Wildman–Crippen LogP) is 5.68. The van der Waals surface area contributed by atoms with E-state index in [9.17, 15) is 14.7 Å². The second-order valence-electron chi connectivity index (χ2n) is 9.55. The Morgan fingerprint density at radius 1 is 1.00 bits per heavy atom. The van der Waals surface area contributed by atoms with Crippen molar-refractivity contribution in [3.63, 3.8) is 0 Å². The van der Waals surface area contributed by atoms with Crippen molar-refractivity contribution in [2.24, 2.45) is 0 Å². The van der Waals surface area contributed by atoms with Crippen LogP contribution in [0.15, 0.2) is 66.4 Å². The Hall–Kier alpha value is -4.90. The van der Waals surface area contributed by atoms with Gasteiger partial charge in [-0.05, 0) is 68.8 Å². The number of rotatable bonds is 8. The molecular weight excluding hydrogens is 556 g/mol. The van der Waals surface area contributed by atoms with Crippen LogP contribution < -0.4 is 19.1 Å². The Balaban J connectivity index is 1.58. The van der Waals surface area contributed by atoms with E-state index in [1.54, 1.807) is 47.9 Å². The third-order valence-corrected chi connectivity index (χ3v) is 8.06. The molecule has 1 fully saturated rings. The summed E-state index contributed by atoms with van der Waals surface area (Å²) in [5.74, 6) is -0.337. The van der Waals surface area contributed by atoms with Crippen LogP contribution in [0.1, 0.15) is 36.8 Å². The van der Waals surface area contributed by atoms with E-state index in [0.29, 0.717) is 63.7 Å². The number of nitrogens with zero attached hydrogens (tertiary/aromatic N) is 4. The molecule has 0 saturated carbocycles. The van der Waals surface area contributed by atoms with E-state index in [1.165, 1.54) is 23.3 Å². The molecule has 1 amide bonds. The number of fused-ring (bicyclic) bond motifs is 2. The number of imidazole rings is 1. The standard InChI is InChI=1S/C31H28N4O6S/c1-5-40-19-11-12-20-23(16-19)42-31(33-20)35-27(18-10-13-21(41-6-2)22(15-18)39-4)25(29(37)30(35)38)28(36)26-17(3)32-24-9-7-8-14-34(24)26/h7-16,27,36H,5-6H2,1-4H3/b28-25+. The maximum atomic E-state index is 13.8. The molecule has 1 aliphatic rings. The molecule has 2 aromatic carbocycles. The monoisotopic (exact) mass is 584 g/mol. The molecule has 6 rings (SSSR count). The number of aliphatic hydroxyl groups is 1. The molecule has 1 aliphatic heterocycles. The molecule has 42 heavy (non-hydrogen) atoms. The Labute approximate surface area is 245 Å². The van der Waals surface area contributed by atoms with Crippen LogP contribution in [0.25, 0.3) is 21.6 Å². The Kier molecular flexibility index (Phi) is 7.03. The Morgan fingerprint density at radius 3 is 2.57 bits per heavy atom. The first-order chi connectivity index (χ1) is 20.4. The van der Waals surface area contributed by atoms with E-state index in [0.717, 1.165) is 4.70 Å². The summed E-state index contributed by atoms with van der Waals surface area (Å²) in [5.41, 5.74) is 2.56. The molecule has 1 atom stereocenters. The number of aryl methyl sites for hydroxylation is 1. The molecule has 1 saturated heterocycles. The number of hydrogen-bond donors (Lipinski definition) is 1. The number of pyridine rings is 1. The molecule has 0 bridgehead atoms. The summed E-state index contributed by atoms with van der Waals surface area (Å²) >= 11 is 1.26. The molecule has 3 aromatic heterocycles. The summed E-state index contributed by atoms with van der Waals surface area (Å²) in [6, 6.07) is 15.1. The van der Waals surface area contributed by atoms with Crippen LogP contribution in [-0.4, -0.2) is 51.5 Å². The maximum absolute atomic E-state index is 13.8. The van der Waals surface area contributed by atoms with Crippen LogP contribution in [0.3, 0.4) is 0 Å². The number of aromatic nitrogens is 3. The van der Waals surface area contributed by atoms with Crippen molar-refractivity contribution in [2.45, 2.75) is 26.8 Å². The number of ketones is 1. The fraction of sp³-hybridized carbons (Fsp3) is 0.226. The maximum Gasteiger partial charge on any atom is 0.301 e. The van der Waals surface area contributed by atoms with Crippen molar-refractivity contribution in [3.05, 3.63) is 83.3 Å². The number of aliphatic hydroxyl groups excluding tert-OH is 1. The average molecular weight is 585 g/mol. The molecule has 0 spiro atoms. The minimum atomic E-state index is -1.00. The summed E-state index contributed by atoms with van der Waals surface area (Å²) in [5, 5.41) is 12.1. The number of benzene rings is 2. The number of methoxy groups -OCH3 is 1. The van der Waals surface area contributed by atoms with Crippen molar-refractivity contribution < 1.29 is 28.9 Å². The average Bonchev–Trinajstić information content (AvgIpc) is 3.63. The number of ether oxygens (including phenoxy) is 3. The third-order valence-electron chi connectivity index (χ3n) is 7.04. The van der Waals surface area contributed by atoms with Crippen molar-refractivity contribution in [1.82, 2.24) is 14.4 Å². The second kappa shape index (κ2) is 10.8. The first-order valence-corrected chi connectivity index (χ1v) is 14.3. The zero-order valence-electron chi connectivity index (χ0n) is 23.5. The number of hydrogen-bond acceptors (Lipinski definition) is 9. The van der Waals surface area contributed by atoms with Crippen molar-refractivity contribution in [3.8, 4) is 17.2 Å². The lowest BCUT2D eigenvalue weighted by Crippen LogP contribution is -2.29. The van der Waals surface area contributed by atoms with Gasteiger partial charge in [0.1, 0.15) is 17.1 Å². The van der Waals surface area contributed by atoms with E-state index in [2.05, 4.69) is 4.98 Å². The molecule has 10 nitrogen and oxygen atoms in total. The van der Waals surface area contributed by atoms with E-state index < -0.39 is 17.7 Å². The molecule has 5 aromatic rings. The SMILES string of the molecule is CCOc1ccc2nc(N3C(=O)C(=O)/C(=C(/O)c4c(C)nc5ccccn45)C3c3ccc(OCC)c(OC)c3)sc2c1. The number of thiazole rings is 1. The van der Waals surface area contributed by atoms with Gasteiger partial charge in [0, 0.05) is 6.20 Å². The predicted molar refractivity (Wildman–Crippen MR) is 160 cm³/mol. The van der Waals surface area contributed by atoms with Crippen molar-refractivity contribution in [1.29, 1.82) is 0 Å². The highest BCUT2D eigenvalue weighted by atomic mass is 32.1. The van der Waals surface area contributed by atoms with Crippen LogP contribution in [0, 0.1) is 6.92 Å². The number of Topliss-reactive ketones (excluding diaryl/α,β-unsaturated/α-hetero) is 1. The second-order valence-corrected chi connectivity index (χ2v) is 10.6. The van der Waals surface area contributed by atoms with Gasteiger partial charge in [0.05, 0.1) is 47.8 Å². The van der Waals surface area contributed by atoms with E-state index >= 15 is 0 Å². The minimum Gasteiger partial charge on any atom is -0.505 e. The first-order valence-electron chi connectivity index (χ1n) is 13.4.